The summed E-state index contributed by atoms with van der Waals surface area (Å²) in [7, 11) is 0. The molecule has 1 N–H and O–H groups in total. The van der Waals surface area contributed by atoms with E-state index in [-0.39, 0.29) is 5.54 Å². The third-order valence-electron chi connectivity index (χ3n) is 3.38. The molecule has 0 radical (unpaired) electrons. The van der Waals surface area contributed by atoms with Gasteiger partial charge in [-0.05, 0) is 45.6 Å². The van der Waals surface area contributed by atoms with Crippen LogP contribution in [0.1, 0.15) is 73.6 Å². The summed E-state index contributed by atoms with van der Waals surface area (Å²) in [5, 5.41) is 3.54. The molecule has 16 heavy (non-hydrogen) atoms. The van der Waals surface area contributed by atoms with E-state index in [0.29, 0.717) is 0 Å². The second-order valence-electron chi connectivity index (χ2n) is 6.60. The second kappa shape index (κ2) is 8.11. The van der Waals surface area contributed by atoms with Crippen LogP contribution < -0.4 is 5.32 Å². The SMILES string of the molecule is CC(C)[C@H](C)CCCCCCNC(C)(C)C. The Morgan fingerprint density at radius 2 is 1.44 bits per heavy atom. The number of unbranched alkanes of at least 4 members (excludes halogenated alkanes) is 3. The van der Waals surface area contributed by atoms with Crippen LogP contribution in [0.2, 0.25) is 0 Å². The van der Waals surface area contributed by atoms with Crippen LogP contribution in [0.5, 0.6) is 0 Å². The van der Waals surface area contributed by atoms with Crippen molar-refractivity contribution in [2.45, 2.75) is 79.2 Å². The maximum atomic E-state index is 3.54. The van der Waals surface area contributed by atoms with Gasteiger partial charge in [0.25, 0.3) is 0 Å². The summed E-state index contributed by atoms with van der Waals surface area (Å²) in [6.45, 7) is 14.9. The maximum absolute atomic E-state index is 3.54. The third kappa shape index (κ3) is 10.5. The Bertz CT molecular complexity index is 155. The Kier molecular flexibility index (Phi) is 8.09. The Balaban J connectivity index is 3.22. The predicted molar refractivity (Wildman–Crippen MR) is 74.8 cm³/mol. The van der Waals surface area contributed by atoms with Crippen molar-refractivity contribution >= 4 is 0 Å². The van der Waals surface area contributed by atoms with Gasteiger partial charge in [0.15, 0.2) is 0 Å². The van der Waals surface area contributed by atoms with Gasteiger partial charge in [0.1, 0.15) is 0 Å². The predicted octanol–water partition coefficient (Wildman–Crippen LogP) is 4.62. The second-order valence-corrected chi connectivity index (χ2v) is 6.60. The minimum Gasteiger partial charge on any atom is -0.312 e. The van der Waals surface area contributed by atoms with Gasteiger partial charge in [-0.1, -0.05) is 46.5 Å². The van der Waals surface area contributed by atoms with Crippen molar-refractivity contribution in [1.29, 1.82) is 0 Å². The van der Waals surface area contributed by atoms with Crippen molar-refractivity contribution in [3.05, 3.63) is 0 Å². The molecule has 0 amide bonds. The van der Waals surface area contributed by atoms with Crippen molar-refractivity contribution in [3.63, 3.8) is 0 Å². The minimum absolute atomic E-state index is 0.284. The molecule has 0 spiro atoms. The van der Waals surface area contributed by atoms with Crippen molar-refractivity contribution in [2.75, 3.05) is 6.54 Å². The first-order chi connectivity index (χ1) is 7.33. The zero-order valence-electron chi connectivity index (χ0n) is 12.4. The van der Waals surface area contributed by atoms with Crippen LogP contribution >= 0.6 is 0 Å². The number of nitrogens with one attached hydrogen (secondary N) is 1. The van der Waals surface area contributed by atoms with E-state index in [1.54, 1.807) is 0 Å². The molecule has 0 saturated carbocycles. The summed E-state index contributed by atoms with van der Waals surface area (Å²) in [6, 6.07) is 0. The highest BCUT2D eigenvalue weighted by atomic mass is 14.9. The zero-order chi connectivity index (χ0) is 12.6. The van der Waals surface area contributed by atoms with E-state index < -0.39 is 0 Å². The highest BCUT2D eigenvalue weighted by molar-refractivity contribution is 4.69. The topological polar surface area (TPSA) is 12.0 Å². The van der Waals surface area contributed by atoms with Crippen molar-refractivity contribution in [1.82, 2.24) is 5.32 Å². The molecular formula is C15H33N. The van der Waals surface area contributed by atoms with E-state index in [9.17, 15) is 0 Å². The normalized spacial score (nSPS) is 14.4. The molecule has 1 atom stereocenters. The van der Waals surface area contributed by atoms with E-state index in [2.05, 4.69) is 46.9 Å². The first-order valence-electron chi connectivity index (χ1n) is 7.08. The lowest BCUT2D eigenvalue weighted by atomic mass is 9.92. The van der Waals surface area contributed by atoms with Crippen LogP contribution in [0.4, 0.5) is 0 Å². The van der Waals surface area contributed by atoms with E-state index in [1.165, 1.54) is 38.6 Å². The molecule has 0 aromatic rings. The highest BCUT2D eigenvalue weighted by Crippen LogP contribution is 2.17. The first-order valence-corrected chi connectivity index (χ1v) is 7.08. The molecule has 0 aliphatic carbocycles. The number of hydrogen-bond donors (Lipinski definition) is 1. The fourth-order valence-electron chi connectivity index (χ4n) is 1.74. The smallest absolute Gasteiger partial charge is 0.00965 e. The quantitative estimate of drug-likeness (QED) is 0.597. The van der Waals surface area contributed by atoms with Crippen molar-refractivity contribution < 1.29 is 0 Å². The summed E-state index contributed by atoms with van der Waals surface area (Å²) in [6.07, 6.45) is 6.93. The average molecular weight is 227 g/mol. The molecule has 98 valence electrons. The molecule has 1 nitrogen and oxygen atoms in total. The van der Waals surface area contributed by atoms with Gasteiger partial charge >= 0.3 is 0 Å². The molecule has 0 aromatic carbocycles. The van der Waals surface area contributed by atoms with E-state index in [4.69, 9.17) is 0 Å². The molecule has 0 fully saturated rings. The molecule has 0 bridgehead atoms. The van der Waals surface area contributed by atoms with Gasteiger partial charge in [0, 0.05) is 5.54 Å². The lowest BCUT2D eigenvalue weighted by Gasteiger charge is -2.20. The summed E-state index contributed by atoms with van der Waals surface area (Å²) in [5.74, 6) is 1.75. The van der Waals surface area contributed by atoms with Crippen molar-refractivity contribution in [3.8, 4) is 0 Å². The van der Waals surface area contributed by atoms with Crippen LogP contribution in [0.25, 0.3) is 0 Å². The summed E-state index contributed by atoms with van der Waals surface area (Å²) >= 11 is 0. The average Bonchev–Trinajstić information content (AvgIpc) is 2.14. The Morgan fingerprint density at radius 1 is 0.875 bits per heavy atom. The van der Waals surface area contributed by atoms with Gasteiger partial charge < -0.3 is 5.32 Å². The monoisotopic (exact) mass is 227 g/mol. The van der Waals surface area contributed by atoms with Gasteiger partial charge in [0.2, 0.25) is 0 Å². The van der Waals surface area contributed by atoms with Gasteiger partial charge in [0.05, 0.1) is 0 Å². The van der Waals surface area contributed by atoms with Crippen LogP contribution in [-0.2, 0) is 0 Å². The van der Waals surface area contributed by atoms with Crippen LogP contribution in [0, 0.1) is 11.8 Å². The lowest BCUT2D eigenvalue weighted by molar-refractivity contribution is 0.371. The molecule has 0 saturated heterocycles. The van der Waals surface area contributed by atoms with E-state index in [1.807, 2.05) is 0 Å². The van der Waals surface area contributed by atoms with Gasteiger partial charge in [-0.25, -0.2) is 0 Å². The summed E-state index contributed by atoms with van der Waals surface area (Å²) < 4.78 is 0. The van der Waals surface area contributed by atoms with Gasteiger partial charge in [-0.15, -0.1) is 0 Å². The molecule has 0 unspecified atom stereocenters. The summed E-state index contributed by atoms with van der Waals surface area (Å²) in [4.78, 5) is 0. The lowest BCUT2D eigenvalue weighted by Crippen LogP contribution is -2.36. The highest BCUT2D eigenvalue weighted by Gasteiger charge is 2.08. The zero-order valence-corrected chi connectivity index (χ0v) is 12.4. The number of hydrogen-bond acceptors (Lipinski definition) is 1. The molecule has 0 aromatic heterocycles. The molecule has 0 heterocycles. The minimum atomic E-state index is 0.284. The fraction of sp³-hybridized carbons (Fsp3) is 1.00. The Hall–Kier alpha value is -0.0400. The third-order valence-corrected chi connectivity index (χ3v) is 3.38. The van der Waals surface area contributed by atoms with Crippen LogP contribution in [0.15, 0.2) is 0 Å². The van der Waals surface area contributed by atoms with Gasteiger partial charge in [-0.3, -0.25) is 0 Å². The molecule has 0 aliphatic heterocycles. The van der Waals surface area contributed by atoms with Crippen molar-refractivity contribution in [2.24, 2.45) is 11.8 Å². The van der Waals surface area contributed by atoms with E-state index in [0.717, 1.165) is 11.8 Å². The summed E-state index contributed by atoms with van der Waals surface area (Å²) in [5.41, 5.74) is 0.284. The molecule has 0 rings (SSSR count). The number of rotatable bonds is 8. The largest absolute Gasteiger partial charge is 0.312 e. The van der Waals surface area contributed by atoms with Gasteiger partial charge in [-0.2, -0.15) is 0 Å². The standard InChI is InChI=1S/C15H33N/c1-13(2)14(3)11-9-7-8-10-12-16-15(4,5)6/h13-14,16H,7-12H2,1-6H3/t14-/m1/s1. The van der Waals surface area contributed by atoms with Crippen LogP contribution in [0.3, 0.4) is 0 Å². The Labute approximate surface area is 103 Å². The fourth-order valence-corrected chi connectivity index (χ4v) is 1.74. The van der Waals surface area contributed by atoms with E-state index >= 15 is 0 Å². The van der Waals surface area contributed by atoms with Crippen LogP contribution in [-0.4, -0.2) is 12.1 Å². The Morgan fingerprint density at radius 3 is 1.94 bits per heavy atom. The molecule has 0 aliphatic rings. The molecule has 1 heteroatoms. The molecular weight excluding hydrogens is 194 g/mol. The first kappa shape index (κ1) is 16.0. The maximum Gasteiger partial charge on any atom is 0.00965 e.